The summed E-state index contributed by atoms with van der Waals surface area (Å²) in [5, 5.41) is 3.29. The summed E-state index contributed by atoms with van der Waals surface area (Å²) < 4.78 is 37.4. The molecule has 0 spiro atoms. The van der Waals surface area contributed by atoms with E-state index in [1.54, 1.807) is 7.11 Å². The van der Waals surface area contributed by atoms with Crippen molar-refractivity contribution in [3.05, 3.63) is 35.4 Å². The molecule has 1 aromatic rings. The number of ether oxygens (including phenoxy) is 2. The minimum atomic E-state index is -0.555. The molecule has 1 heterocycles. The van der Waals surface area contributed by atoms with E-state index in [-0.39, 0.29) is 12.0 Å². The number of rotatable bonds is 6. The summed E-state index contributed by atoms with van der Waals surface area (Å²) in [6, 6.07) is 3.61. The van der Waals surface area contributed by atoms with Crippen molar-refractivity contribution in [2.75, 3.05) is 33.4 Å². The van der Waals surface area contributed by atoms with Gasteiger partial charge in [0.2, 0.25) is 0 Å². The molecular weight excluding hydrogens is 264 g/mol. The molecule has 0 amide bonds. The Bertz CT molecular complexity index is 408. The average molecular weight is 285 g/mol. The van der Waals surface area contributed by atoms with E-state index in [0.29, 0.717) is 18.8 Å². The van der Waals surface area contributed by atoms with Gasteiger partial charge in [-0.3, -0.25) is 0 Å². The fourth-order valence-electron chi connectivity index (χ4n) is 2.62. The second-order valence-electron chi connectivity index (χ2n) is 5.09. The van der Waals surface area contributed by atoms with Gasteiger partial charge < -0.3 is 14.8 Å². The Hall–Kier alpha value is -1.04. The fraction of sp³-hybridized carbons (Fsp3) is 0.600. The second kappa shape index (κ2) is 7.67. The molecule has 2 atom stereocenters. The van der Waals surface area contributed by atoms with E-state index in [1.165, 1.54) is 12.1 Å². The first kappa shape index (κ1) is 15.4. The van der Waals surface area contributed by atoms with Gasteiger partial charge in [0.05, 0.1) is 12.7 Å². The third-order valence-corrected chi connectivity index (χ3v) is 3.55. The Morgan fingerprint density at radius 1 is 1.30 bits per heavy atom. The van der Waals surface area contributed by atoms with Gasteiger partial charge in [0.15, 0.2) is 0 Å². The average Bonchev–Trinajstić information content (AvgIpc) is 2.43. The Balaban J connectivity index is 2.02. The van der Waals surface area contributed by atoms with E-state index in [1.807, 2.05) is 0 Å². The van der Waals surface area contributed by atoms with Crippen molar-refractivity contribution in [1.29, 1.82) is 0 Å². The molecule has 1 aliphatic heterocycles. The SMILES string of the molecule is COCCNCC1CCCOC1c1cc(F)cc(F)c1. The zero-order chi connectivity index (χ0) is 14.4. The first-order chi connectivity index (χ1) is 9.70. The van der Waals surface area contributed by atoms with Gasteiger partial charge in [-0.2, -0.15) is 0 Å². The van der Waals surface area contributed by atoms with Gasteiger partial charge in [-0.1, -0.05) is 0 Å². The van der Waals surface area contributed by atoms with Gasteiger partial charge in [-0.25, -0.2) is 8.78 Å². The summed E-state index contributed by atoms with van der Waals surface area (Å²) in [6.45, 7) is 2.80. The minimum Gasteiger partial charge on any atom is -0.383 e. The van der Waals surface area contributed by atoms with E-state index < -0.39 is 11.6 Å². The van der Waals surface area contributed by atoms with Crippen molar-refractivity contribution in [2.45, 2.75) is 18.9 Å². The highest BCUT2D eigenvalue weighted by molar-refractivity contribution is 5.21. The molecule has 20 heavy (non-hydrogen) atoms. The highest BCUT2D eigenvalue weighted by Crippen LogP contribution is 2.33. The van der Waals surface area contributed by atoms with E-state index >= 15 is 0 Å². The molecule has 1 aromatic carbocycles. The molecule has 0 radical (unpaired) electrons. The zero-order valence-electron chi connectivity index (χ0n) is 11.7. The number of nitrogens with one attached hydrogen (secondary N) is 1. The molecule has 0 aliphatic carbocycles. The molecule has 1 N–H and O–H groups in total. The number of hydrogen-bond acceptors (Lipinski definition) is 3. The van der Waals surface area contributed by atoms with E-state index in [4.69, 9.17) is 9.47 Å². The van der Waals surface area contributed by atoms with Crippen molar-refractivity contribution in [2.24, 2.45) is 5.92 Å². The zero-order valence-corrected chi connectivity index (χ0v) is 11.7. The molecule has 2 unspecified atom stereocenters. The molecule has 1 saturated heterocycles. The quantitative estimate of drug-likeness (QED) is 0.815. The number of methoxy groups -OCH3 is 1. The largest absolute Gasteiger partial charge is 0.383 e. The molecule has 3 nitrogen and oxygen atoms in total. The van der Waals surface area contributed by atoms with E-state index in [9.17, 15) is 8.78 Å². The maximum absolute atomic E-state index is 13.3. The van der Waals surface area contributed by atoms with E-state index in [0.717, 1.165) is 32.0 Å². The van der Waals surface area contributed by atoms with Crippen molar-refractivity contribution >= 4 is 0 Å². The molecule has 1 aliphatic rings. The predicted octanol–water partition coefficient (Wildman–Crippen LogP) is 2.67. The molecular formula is C15H21F2NO2. The summed E-state index contributed by atoms with van der Waals surface area (Å²) in [5.74, 6) is -0.887. The van der Waals surface area contributed by atoms with Crippen LogP contribution in [0.25, 0.3) is 0 Å². The fourth-order valence-corrected chi connectivity index (χ4v) is 2.62. The first-order valence-corrected chi connectivity index (χ1v) is 6.98. The highest BCUT2D eigenvalue weighted by Gasteiger charge is 2.27. The molecule has 5 heteroatoms. The summed E-state index contributed by atoms with van der Waals surface area (Å²) >= 11 is 0. The Morgan fingerprint density at radius 3 is 2.75 bits per heavy atom. The molecule has 0 aromatic heterocycles. The summed E-state index contributed by atoms with van der Waals surface area (Å²) in [4.78, 5) is 0. The lowest BCUT2D eigenvalue weighted by Crippen LogP contribution is -2.33. The van der Waals surface area contributed by atoms with Crippen LogP contribution in [-0.2, 0) is 9.47 Å². The standard InChI is InChI=1S/C15H21F2NO2/c1-19-6-4-18-10-11-3-2-5-20-15(11)12-7-13(16)9-14(17)8-12/h7-9,11,15,18H,2-6,10H2,1H3. The summed E-state index contributed by atoms with van der Waals surface area (Å²) in [7, 11) is 1.66. The molecule has 0 saturated carbocycles. The maximum Gasteiger partial charge on any atom is 0.126 e. The van der Waals surface area contributed by atoms with Crippen LogP contribution >= 0.6 is 0 Å². The van der Waals surface area contributed by atoms with Crippen molar-refractivity contribution in [3.8, 4) is 0 Å². The van der Waals surface area contributed by atoms with Gasteiger partial charge in [-0.15, -0.1) is 0 Å². The lowest BCUT2D eigenvalue weighted by Gasteiger charge is -2.32. The minimum absolute atomic E-state index is 0.224. The Kier molecular flexibility index (Phi) is 5.88. The normalized spacial score (nSPS) is 22.9. The molecule has 0 bridgehead atoms. The van der Waals surface area contributed by atoms with Crippen LogP contribution in [0.1, 0.15) is 24.5 Å². The topological polar surface area (TPSA) is 30.5 Å². The monoisotopic (exact) mass is 285 g/mol. The summed E-state index contributed by atoms with van der Waals surface area (Å²) in [6.07, 6.45) is 1.72. The van der Waals surface area contributed by atoms with Crippen LogP contribution in [0, 0.1) is 17.6 Å². The highest BCUT2D eigenvalue weighted by atomic mass is 19.1. The van der Waals surface area contributed by atoms with Crippen molar-refractivity contribution in [3.63, 3.8) is 0 Å². The van der Waals surface area contributed by atoms with Gasteiger partial charge in [-0.05, 0) is 30.5 Å². The van der Waals surface area contributed by atoms with Gasteiger partial charge >= 0.3 is 0 Å². The maximum atomic E-state index is 13.3. The number of benzene rings is 1. The lowest BCUT2D eigenvalue weighted by molar-refractivity contribution is -0.0283. The molecule has 2 rings (SSSR count). The van der Waals surface area contributed by atoms with Crippen LogP contribution in [0.3, 0.4) is 0 Å². The smallest absolute Gasteiger partial charge is 0.126 e. The van der Waals surface area contributed by atoms with Crippen LogP contribution in [-0.4, -0.2) is 33.4 Å². The van der Waals surface area contributed by atoms with Crippen LogP contribution in [0.2, 0.25) is 0 Å². The summed E-state index contributed by atoms with van der Waals surface area (Å²) in [5.41, 5.74) is 0.584. The van der Waals surface area contributed by atoms with Crippen molar-refractivity contribution < 1.29 is 18.3 Å². The first-order valence-electron chi connectivity index (χ1n) is 6.98. The predicted molar refractivity (Wildman–Crippen MR) is 72.5 cm³/mol. The van der Waals surface area contributed by atoms with Crippen LogP contribution in [0.15, 0.2) is 18.2 Å². The number of hydrogen-bond donors (Lipinski definition) is 1. The Morgan fingerprint density at radius 2 is 2.05 bits per heavy atom. The lowest BCUT2D eigenvalue weighted by atomic mass is 9.89. The van der Waals surface area contributed by atoms with E-state index in [2.05, 4.69) is 5.32 Å². The third kappa shape index (κ3) is 4.23. The van der Waals surface area contributed by atoms with Crippen LogP contribution in [0.5, 0.6) is 0 Å². The van der Waals surface area contributed by atoms with Crippen LogP contribution in [0.4, 0.5) is 8.78 Å². The second-order valence-corrected chi connectivity index (χ2v) is 5.09. The molecule has 112 valence electrons. The number of halogens is 2. The molecule has 1 fully saturated rings. The Labute approximate surface area is 118 Å². The third-order valence-electron chi connectivity index (χ3n) is 3.55. The van der Waals surface area contributed by atoms with Crippen LogP contribution < -0.4 is 5.32 Å². The van der Waals surface area contributed by atoms with Crippen molar-refractivity contribution in [1.82, 2.24) is 5.32 Å². The van der Waals surface area contributed by atoms with Gasteiger partial charge in [0.25, 0.3) is 0 Å². The van der Waals surface area contributed by atoms with Gasteiger partial charge in [0.1, 0.15) is 11.6 Å². The van der Waals surface area contributed by atoms with Gasteiger partial charge in [0, 0.05) is 38.8 Å².